The second-order valence-electron chi connectivity index (χ2n) is 6.10. The Kier molecular flexibility index (Phi) is 4.08. The van der Waals surface area contributed by atoms with Gasteiger partial charge in [0.25, 0.3) is 0 Å². The molecule has 0 aromatic heterocycles. The second kappa shape index (κ2) is 6.00. The van der Waals surface area contributed by atoms with Gasteiger partial charge >= 0.3 is 5.97 Å². The van der Waals surface area contributed by atoms with E-state index >= 15 is 0 Å². The highest BCUT2D eigenvalue weighted by molar-refractivity contribution is 5.85. The quantitative estimate of drug-likeness (QED) is 0.834. The van der Waals surface area contributed by atoms with Crippen LogP contribution in [-0.2, 0) is 11.3 Å². The van der Waals surface area contributed by atoms with Crippen molar-refractivity contribution >= 4 is 12.0 Å². The number of carboxylic acids is 1. The van der Waals surface area contributed by atoms with Crippen LogP contribution in [0.15, 0.2) is 30.3 Å². The van der Waals surface area contributed by atoms with Crippen molar-refractivity contribution in [3.8, 4) is 0 Å². The highest BCUT2D eigenvalue weighted by atomic mass is 16.4. The van der Waals surface area contributed by atoms with Gasteiger partial charge in [-0.25, -0.2) is 4.79 Å². The average Bonchev–Trinajstić information content (AvgIpc) is 2.69. The Hall–Kier alpha value is -1.65. The minimum Gasteiger partial charge on any atom is -0.478 e. The van der Waals surface area contributed by atoms with Crippen molar-refractivity contribution < 1.29 is 15.0 Å². The Bertz CT molecular complexity index is 541. The summed E-state index contributed by atoms with van der Waals surface area (Å²) in [5.41, 5.74) is 2.12. The largest absolute Gasteiger partial charge is 0.478 e. The average molecular weight is 287 g/mol. The summed E-state index contributed by atoms with van der Waals surface area (Å²) in [5.74, 6) is -0.927. The van der Waals surface area contributed by atoms with Crippen molar-refractivity contribution in [2.24, 2.45) is 0 Å². The molecule has 2 heterocycles. The van der Waals surface area contributed by atoms with Crippen molar-refractivity contribution in [2.45, 2.75) is 50.4 Å². The highest BCUT2D eigenvalue weighted by Crippen LogP contribution is 2.36. The molecule has 3 rings (SSSR count). The molecular formula is C17H21NO3. The van der Waals surface area contributed by atoms with E-state index in [0.29, 0.717) is 12.1 Å². The number of carbonyl (C=O) groups is 1. The molecule has 2 fully saturated rings. The maximum absolute atomic E-state index is 10.6. The molecular weight excluding hydrogens is 266 g/mol. The molecule has 4 heteroatoms. The van der Waals surface area contributed by atoms with E-state index in [2.05, 4.69) is 11.0 Å². The predicted molar refractivity (Wildman–Crippen MR) is 80.7 cm³/mol. The fourth-order valence-electron chi connectivity index (χ4n) is 3.68. The topological polar surface area (TPSA) is 60.8 Å². The maximum Gasteiger partial charge on any atom is 0.328 e. The van der Waals surface area contributed by atoms with Gasteiger partial charge in [0.2, 0.25) is 0 Å². The lowest BCUT2D eigenvalue weighted by Crippen LogP contribution is -2.44. The minimum absolute atomic E-state index is 0.136. The third kappa shape index (κ3) is 3.34. The molecule has 2 unspecified atom stereocenters. The Morgan fingerprint density at radius 2 is 2.00 bits per heavy atom. The zero-order valence-corrected chi connectivity index (χ0v) is 12.0. The Balaban J connectivity index is 1.71. The van der Waals surface area contributed by atoms with E-state index < -0.39 is 5.97 Å². The lowest BCUT2D eigenvalue weighted by molar-refractivity contribution is -0.131. The van der Waals surface area contributed by atoms with Crippen LogP contribution in [0.5, 0.6) is 0 Å². The van der Waals surface area contributed by atoms with E-state index in [1.807, 2.05) is 18.2 Å². The molecule has 21 heavy (non-hydrogen) atoms. The molecule has 2 aliphatic rings. The smallest absolute Gasteiger partial charge is 0.328 e. The predicted octanol–water partition coefficient (Wildman–Crippen LogP) is 2.27. The van der Waals surface area contributed by atoms with Crippen molar-refractivity contribution in [3.05, 3.63) is 41.5 Å². The first-order valence-corrected chi connectivity index (χ1v) is 7.55. The van der Waals surface area contributed by atoms with Gasteiger partial charge in [-0.05, 0) is 42.9 Å². The fourth-order valence-corrected chi connectivity index (χ4v) is 3.68. The van der Waals surface area contributed by atoms with Crippen molar-refractivity contribution in [1.29, 1.82) is 0 Å². The third-order valence-electron chi connectivity index (χ3n) is 4.59. The Morgan fingerprint density at radius 1 is 1.29 bits per heavy atom. The number of fused-ring (bicyclic) bond motifs is 2. The molecule has 2 aliphatic heterocycles. The number of piperidine rings is 1. The fraction of sp³-hybridized carbons (Fsp3) is 0.471. The van der Waals surface area contributed by atoms with Gasteiger partial charge in [-0.3, -0.25) is 4.90 Å². The third-order valence-corrected chi connectivity index (χ3v) is 4.59. The zero-order chi connectivity index (χ0) is 14.8. The molecule has 0 amide bonds. The van der Waals surface area contributed by atoms with Crippen LogP contribution in [0.3, 0.4) is 0 Å². The van der Waals surface area contributed by atoms with Crippen LogP contribution < -0.4 is 0 Å². The van der Waals surface area contributed by atoms with Gasteiger partial charge in [0, 0.05) is 24.7 Å². The maximum atomic E-state index is 10.6. The lowest BCUT2D eigenvalue weighted by Gasteiger charge is -2.37. The van der Waals surface area contributed by atoms with Crippen molar-refractivity contribution in [2.75, 3.05) is 0 Å². The summed E-state index contributed by atoms with van der Waals surface area (Å²) in [5, 5.41) is 18.5. The van der Waals surface area contributed by atoms with Crippen LogP contribution in [0.4, 0.5) is 0 Å². The summed E-state index contributed by atoms with van der Waals surface area (Å²) in [7, 11) is 0. The standard InChI is InChI=1S/C17H21NO3/c19-16-9-14-5-6-15(10-16)18(14)11-13-3-1-2-12(8-13)4-7-17(20)21/h1-4,7-8,14-16,19H,5-6,9-11H2,(H,20,21). The van der Waals surface area contributed by atoms with E-state index in [0.717, 1.165) is 24.9 Å². The van der Waals surface area contributed by atoms with Gasteiger partial charge in [0.15, 0.2) is 0 Å². The van der Waals surface area contributed by atoms with Crippen LogP contribution in [0.25, 0.3) is 6.08 Å². The zero-order valence-electron chi connectivity index (χ0n) is 12.0. The normalized spacial score (nSPS) is 29.1. The van der Waals surface area contributed by atoms with Crippen LogP contribution in [0.2, 0.25) is 0 Å². The van der Waals surface area contributed by atoms with E-state index in [-0.39, 0.29) is 6.10 Å². The van der Waals surface area contributed by atoms with Gasteiger partial charge in [-0.15, -0.1) is 0 Å². The number of hydrogen-bond acceptors (Lipinski definition) is 3. The van der Waals surface area contributed by atoms with Gasteiger partial charge < -0.3 is 10.2 Å². The Labute approximate surface area is 124 Å². The molecule has 1 aromatic rings. The van der Waals surface area contributed by atoms with E-state index in [4.69, 9.17) is 5.11 Å². The number of aliphatic hydroxyl groups is 1. The monoisotopic (exact) mass is 287 g/mol. The van der Waals surface area contributed by atoms with E-state index in [9.17, 15) is 9.90 Å². The molecule has 4 nitrogen and oxygen atoms in total. The number of carboxylic acid groups (broad SMARTS) is 1. The second-order valence-corrected chi connectivity index (χ2v) is 6.10. The first-order valence-electron chi connectivity index (χ1n) is 7.55. The summed E-state index contributed by atoms with van der Waals surface area (Å²) in [6.45, 7) is 0.886. The van der Waals surface area contributed by atoms with Crippen LogP contribution in [-0.4, -0.2) is 39.3 Å². The summed E-state index contributed by atoms with van der Waals surface area (Å²) in [4.78, 5) is 13.1. The van der Waals surface area contributed by atoms with Crippen LogP contribution in [0, 0.1) is 0 Å². The molecule has 0 radical (unpaired) electrons. The van der Waals surface area contributed by atoms with Crippen molar-refractivity contribution in [3.63, 3.8) is 0 Å². The first kappa shape index (κ1) is 14.3. The lowest BCUT2D eigenvalue weighted by atomic mass is 9.99. The minimum atomic E-state index is -0.927. The molecule has 2 bridgehead atoms. The van der Waals surface area contributed by atoms with E-state index in [1.165, 1.54) is 24.5 Å². The Morgan fingerprint density at radius 3 is 2.67 bits per heavy atom. The number of aliphatic hydroxyl groups excluding tert-OH is 1. The molecule has 2 atom stereocenters. The highest BCUT2D eigenvalue weighted by Gasteiger charge is 2.39. The summed E-state index contributed by atoms with van der Waals surface area (Å²) < 4.78 is 0. The molecule has 112 valence electrons. The number of nitrogens with zero attached hydrogens (tertiary/aromatic N) is 1. The number of rotatable bonds is 4. The molecule has 1 aromatic carbocycles. The van der Waals surface area contributed by atoms with Gasteiger partial charge in [0.05, 0.1) is 6.10 Å². The van der Waals surface area contributed by atoms with Crippen LogP contribution >= 0.6 is 0 Å². The van der Waals surface area contributed by atoms with Gasteiger partial charge in [-0.1, -0.05) is 24.3 Å². The summed E-state index contributed by atoms with van der Waals surface area (Å²) in [6, 6.07) is 9.01. The van der Waals surface area contributed by atoms with Crippen LogP contribution in [0.1, 0.15) is 36.8 Å². The number of hydrogen-bond donors (Lipinski definition) is 2. The molecule has 2 saturated heterocycles. The van der Waals surface area contributed by atoms with Crippen molar-refractivity contribution in [1.82, 2.24) is 4.90 Å². The molecule has 2 N–H and O–H groups in total. The van der Waals surface area contributed by atoms with Gasteiger partial charge in [-0.2, -0.15) is 0 Å². The van der Waals surface area contributed by atoms with Gasteiger partial charge in [0.1, 0.15) is 0 Å². The summed E-state index contributed by atoms with van der Waals surface area (Å²) in [6.07, 6.45) is 6.79. The SMILES string of the molecule is O=C(O)C=Cc1cccc(CN2C3CCC2CC(O)C3)c1. The number of benzene rings is 1. The first-order chi connectivity index (χ1) is 10.1. The molecule has 0 spiro atoms. The molecule has 0 saturated carbocycles. The number of aliphatic carboxylic acids is 1. The van der Waals surface area contributed by atoms with E-state index in [1.54, 1.807) is 6.08 Å². The molecule has 0 aliphatic carbocycles. The summed E-state index contributed by atoms with van der Waals surface area (Å²) >= 11 is 0.